The van der Waals surface area contributed by atoms with E-state index in [-0.39, 0.29) is 0 Å². The van der Waals surface area contributed by atoms with E-state index in [1.54, 1.807) is 0 Å². The van der Waals surface area contributed by atoms with Gasteiger partial charge in [-0.1, -0.05) is 91.0 Å². The molecule has 3 aromatic heterocycles. The maximum Gasteiger partial charge on any atom is 0.0725 e. The Hall–Kier alpha value is -5.93. The molecule has 0 unspecified atom stereocenters. The number of nitrogens with zero attached hydrogens (tertiary/aromatic N) is 3. The SMILES string of the molecule is c1ccc2ncc(-c3ccc4cc(-c5ccc6nc(-c7cc8ccccc8c8ccccc78)ccc6c5)ccc4n3)cc2c1. The highest BCUT2D eigenvalue weighted by molar-refractivity contribution is 6.13. The van der Waals surface area contributed by atoms with Crippen molar-refractivity contribution < 1.29 is 0 Å². The van der Waals surface area contributed by atoms with Gasteiger partial charge in [-0.3, -0.25) is 4.98 Å². The van der Waals surface area contributed by atoms with Crippen LogP contribution in [0.5, 0.6) is 0 Å². The minimum Gasteiger partial charge on any atom is -0.256 e. The third-order valence-corrected chi connectivity index (χ3v) is 8.64. The van der Waals surface area contributed by atoms with Crippen LogP contribution in [0, 0.1) is 0 Å². The molecule has 0 aliphatic carbocycles. The second-order valence-electron chi connectivity index (χ2n) is 11.3. The summed E-state index contributed by atoms with van der Waals surface area (Å²) in [6.07, 6.45) is 1.90. The van der Waals surface area contributed by atoms with E-state index in [2.05, 4.69) is 132 Å². The van der Waals surface area contributed by atoms with Crippen molar-refractivity contribution in [3.63, 3.8) is 0 Å². The third kappa shape index (κ3) is 4.10. The van der Waals surface area contributed by atoms with Crippen molar-refractivity contribution >= 4 is 54.3 Å². The van der Waals surface area contributed by atoms with E-state index in [0.717, 1.165) is 66.4 Å². The Morgan fingerprint density at radius 3 is 1.68 bits per heavy atom. The standard InChI is InChI=1S/C41H25N3/c1-3-9-33-28(7-1)24-36(35-11-5-4-10-34(33)35)41-20-16-31-22-27(14-18-39(31)44-41)26-13-17-38-30(21-26)15-19-40(43-38)32-23-29-8-2-6-12-37(29)42-25-32/h1-25H. The predicted molar refractivity (Wildman–Crippen MR) is 184 cm³/mol. The molecule has 6 aromatic carbocycles. The summed E-state index contributed by atoms with van der Waals surface area (Å²) in [6.45, 7) is 0. The molecule has 0 radical (unpaired) electrons. The second-order valence-corrected chi connectivity index (χ2v) is 11.3. The normalized spacial score (nSPS) is 11.6. The lowest BCUT2D eigenvalue weighted by Gasteiger charge is -2.12. The lowest BCUT2D eigenvalue weighted by Crippen LogP contribution is -1.90. The van der Waals surface area contributed by atoms with Crippen molar-refractivity contribution in [1.82, 2.24) is 15.0 Å². The molecule has 3 heteroatoms. The van der Waals surface area contributed by atoms with Gasteiger partial charge in [-0.2, -0.15) is 0 Å². The lowest BCUT2D eigenvalue weighted by atomic mass is 9.95. The highest BCUT2D eigenvalue weighted by Crippen LogP contribution is 2.35. The van der Waals surface area contributed by atoms with E-state index >= 15 is 0 Å². The number of aromatic nitrogens is 3. The molecule has 204 valence electrons. The number of para-hydroxylation sites is 1. The van der Waals surface area contributed by atoms with Crippen molar-refractivity contribution in [2.45, 2.75) is 0 Å². The summed E-state index contributed by atoms with van der Waals surface area (Å²) >= 11 is 0. The zero-order valence-corrected chi connectivity index (χ0v) is 23.8. The number of benzene rings is 6. The topological polar surface area (TPSA) is 38.7 Å². The van der Waals surface area contributed by atoms with Crippen LogP contribution in [0.3, 0.4) is 0 Å². The molecular weight excluding hydrogens is 534 g/mol. The van der Waals surface area contributed by atoms with Gasteiger partial charge in [0, 0.05) is 33.5 Å². The average molecular weight is 560 g/mol. The van der Waals surface area contributed by atoms with E-state index in [1.807, 2.05) is 24.4 Å². The van der Waals surface area contributed by atoms with Gasteiger partial charge < -0.3 is 0 Å². The average Bonchev–Trinajstić information content (AvgIpc) is 3.10. The summed E-state index contributed by atoms with van der Waals surface area (Å²) in [5.41, 5.74) is 9.36. The molecule has 0 aliphatic rings. The van der Waals surface area contributed by atoms with Crippen molar-refractivity contribution in [1.29, 1.82) is 0 Å². The Balaban J connectivity index is 1.07. The largest absolute Gasteiger partial charge is 0.256 e. The van der Waals surface area contributed by atoms with Gasteiger partial charge in [0.05, 0.1) is 27.9 Å². The van der Waals surface area contributed by atoms with Crippen LogP contribution in [-0.2, 0) is 0 Å². The van der Waals surface area contributed by atoms with Crippen LogP contribution in [0.2, 0.25) is 0 Å². The molecule has 3 heterocycles. The molecule has 0 saturated heterocycles. The van der Waals surface area contributed by atoms with Crippen LogP contribution >= 0.6 is 0 Å². The van der Waals surface area contributed by atoms with E-state index in [0.29, 0.717) is 0 Å². The van der Waals surface area contributed by atoms with Crippen molar-refractivity contribution in [2.24, 2.45) is 0 Å². The molecule has 0 atom stereocenters. The fourth-order valence-corrected chi connectivity index (χ4v) is 6.40. The summed E-state index contributed by atoms with van der Waals surface area (Å²) < 4.78 is 0. The maximum atomic E-state index is 5.13. The monoisotopic (exact) mass is 559 g/mol. The number of hydrogen-bond donors (Lipinski definition) is 0. The zero-order chi connectivity index (χ0) is 29.0. The molecule has 0 amide bonds. The first kappa shape index (κ1) is 24.6. The fourth-order valence-electron chi connectivity index (χ4n) is 6.40. The smallest absolute Gasteiger partial charge is 0.0725 e. The molecule has 3 nitrogen and oxygen atoms in total. The lowest BCUT2D eigenvalue weighted by molar-refractivity contribution is 1.35. The highest BCUT2D eigenvalue weighted by Gasteiger charge is 2.11. The summed E-state index contributed by atoms with van der Waals surface area (Å²) in [4.78, 5) is 14.7. The molecule has 44 heavy (non-hydrogen) atoms. The fraction of sp³-hybridized carbons (Fsp3) is 0. The minimum atomic E-state index is 0.926. The number of fused-ring (bicyclic) bond motifs is 6. The van der Waals surface area contributed by atoms with Gasteiger partial charge in [-0.05, 0) is 87.3 Å². The van der Waals surface area contributed by atoms with Crippen LogP contribution < -0.4 is 0 Å². The van der Waals surface area contributed by atoms with Crippen LogP contribution in [0.15, 0.2) is 152 Å². The molecule has 0 saturated carbocycles. The van der Waals surface area contributed by atoms with Crippen LogP contribution in [0.1, 0.15) is 0 Å². The van der Waals surface area contributed by atoms with Gasteiger partial charge in [-0.15, -0.1) is 0 Å². The van der Waals surface area contributed by atoms with Gasteiger partial charge in [0.2, 0.25) is 0 Å². The first-order valence-corrected chi connectivity index (χ1v) is 14.8. The quantitative estimate of drug-likeness (QED) is 0.202. The number of pyridine rings is 3. The first-order valence-electron chi connectivity index (χ1n) is 14.8. The molecule has 0 bridgehead atoms. The molecule has 0 fully saturated rings. The predicted octanol–water partition coefficient (Wildman–Crippen LogP) is 10.6. The van der Waals surface area contributed by atoms with Gasteiger partial charge in [0.15, 0.2) is 0 Å². The molecule has 0 aliphatic heterocycles. The maximum absolute atomic E-state index is 5.13. The minimum absolute atomic E-state index is 0.926. The molecule has 9 rings (SSSR count). The highest BCUT2D eigenvalue weighted by atomic mass is 14.7. The molecule has 0 N–H and O–H groups in total. The summed E-state index contributed by atoms with van der Waals surface area (Å²) in [7, 11) is 0. The molecule has 9 aromatic rings. The van der Waals surface area contributed by atoms with Crippen molar-refractivity contribution in [3.8, 4) is 33.6 Å². The van der Waals surface area contributed by atoms with Crippen molar-refractivity contribution in [3.05, 3.63) is 152 Å². The van der Waals surface area contributed by atoms with Gasteiger partial charge >= 0.3 is 0 Å². The van der Waals surface area contributed by atoms with E-state index in [1.165, 1.54) is 21.5 Å². The Morgan fingerprint density at radius 2 is 0.909 bits per heavy atom. The second kappa shape index (κ2) is 9.82. The summed E-state index contributed by atoms with van der Waals surface area (Å²) in [6, 6.07) is 51.4. The summed E-state index contributed by atoms with van der Waals surface area (Å²) in [5.74, 6) is 0. The Bertz CT molecular complexity index is 2570. The van der Waals surface area contributed by atoms with Gasteiger partial charge in [0.25, 0.3) is 0 Å². The first-order chi connectivity index (χ1) is 21.8. The molecule has 0 spiro atoms. The van der Waals surface area contributed by atoms with E-state index < -0.39 is 0 Å². The summed E-state index contributed by atoms with van der Waals surface area (Å²) in [5, 5.41) is 8.32. The van der Waals surface area contributed by atoms with Crippen molar-refractivity contribution in [2.75, 3.05) is 0 Å². The molecular formula is C41H25N3. The van der Waals surface area contributed by atoms with E-state index in [9.17, 15) is 0 Å². The third-order valence-electron chi connectivity index (χ3n) is 8.64. The van der Waals surface area contributed by atoms with Crippen LogP contribution in [-0.4, -0.2) is 15.0 Å². The van der Waals surface area contributed by atoms with Gasteiger partial charge in [-0.25, -0.2) is 9.97 Å². The number of rotatable bonds is 3. The van der Waals surface area contributed by atoms with Crippen LogP contribution in [0.25, 0.3) is 87.9 Å². The Morgan fingerprint density at radius 1 is 0.341 bits per heavy atom. The van der Waals surface area contributed by atoms with E-state index in [4.69, 9.17) is 9.97 Å². The zero-order valence-electron chi connectivity index (χ0n) is 23.8. The van der Waals surface area contributed by atoms with Gasteiger partial charge in [0.1, 0.15) is 0 Å². The Kier molecular flexibility index (Phi) is 5.50. The van der Waals surface area contributed by atoms with Crippen LogP contribution in [0.4, 0.5) is 0 Å². The number of hydrogen-bond acceptors (Lipinski definition) is 3. The Labute approximate surface area is 254 Å².